The summed E-state index contributed by atoms with van der Waals surface area (Å²) in [4.78, 5) is 22.9. The molecule has 0 aliphatic carbocycles. The first-order valence-electron chi connectivity index (χ1n) is 7.40. The number of carboxylic acid groups (broad SMARTS) is 1. The summed E-state index contributed by atoms with van der Waals surface area (Å²) >= 11 is 0. The SMILES string of the molecule is CCOC(=O)COc1c(Oc2cccc(C)c2)cccc1C(=O)O. The van der Waals surface area contributed by atoms with E-state index < -0.39 is 18.5 Å². The van der Waals surface area contributed by atoms with Gasteiger partial charge in [0.05, 0.1) is 6.61 Å². The molecule has 0 atom stereocenters. The standard InChI is InChI=1S/C18H18O6/c1-3-22-16(19)11-23-17-14(18(20)21)8-5-9-15(17)24-13-7-4-6-12(2)10-13/h4-10H,3,11H2,1-2H3,(H,20,21). The van der Waals surface area contributed by atoms with Gasteiger partial charge in [-0.15, -0.1) is 0 Å². The summed E-state index contributed by atoms with van der Waals surface area (Å²) in [5, 5.41) is 9.32. The summed E-state index contributed by atoms with van der Waals surface area (Å²) in [6.45, 7) is 3.41. The molecule has 0 unspecified atom stereocenters. The summed E-state index contributed by atoms with van der Waals surface area (Å²) in [6, 6.07) is 11.8. The number of benzene rings is 2. The first-order chi connectivity index (χ1) is 11.5. The molecule has 2 aromatic rings. The van der Waals surface area contributed by atoms with E-state index in [4.69, 9.17) is 14.2 Å². The van der Waals surface area contributed by atoms with Gasteiger partial charge in [0.15, 0.2) is 18.1 Å². The molecule has 6 heteroatoms. The molecule has 0 saturated heterocycles. The second kappa shape index (κ2) is 8.01. The number of carbonyl (C=O) groups is 2. The van der Waals surface area contributed by atoms with Crippen LogP contribution < -0.4 is 9.47 Å². The Morgan fingerprint density at radius 2 is 1.88 bits per heavy atom. The van der Waals surface area contributed by atoms with Gasteiger partial charge in [-0.3, -0.25) is 0 Å². The van der Waals surface area contributed by atoms with E-state index >= 15 is 0 Å². The molecular weight excluding hydrogens is 312 g/mol. The number of rotatable bonds is 7. The van der Waals surface area contributed by atoms with Crippen LogP contribution in [-0.2, 0) is 9.53 Å². The fraction of sp³-hybridized carbons (Fsp3) is 0.222. The molecule has 0 radical (unpaired) electrons. The number of carboxylic acids is 1. The number of ether oxygens (including phenoxy) is 3. The van der Waals surface area contributed by atoms with Crippen molar-refractivity contribution in [3.05, 3.63) is 53.6 Å². The Morgan fingerprint density at radius 1 is 1.12 bits per heavy atom. The quantitative estimate of drug-likeness (QED) is 0.783. The lowest BCUT2D eigenvalue weighted by Crippen LogP contribution is -2.16. The van der Waals surface area contributed by atoms with Crippen LogP contribution in [-0.4, -0.2) is 30.3 Å². The van der Waals surface area contributed by atoms with Crippen molar-refractivity contribution in [3.63, 3.8) is 0 Å². The number of carbonyl (C=O) groups excluding carboxylic acids is 1. The van der Waals surface area contributed by atoms with Gasteiger partial charge in [0.2, 0.25) is 0 Å². The summed E-state index contributed by atoms with van der Waals surface area (Å²) in [6.07, 6.45) is 0. The number of aromatic carboxylic acids is 1. The molecule has 24 heavy (non-hydrogen) atoms. The zero-order valence-electron chi connectivity index (χ0n) is 13.4. The third-order valence-corrected chi connectivity index (χ3v) is 3.07. The molecule has 0 spiro atoms. The molecule has 6 nitrogen and oxygen atoms in total. The highest BCUT2D eigenvalue weighted by Crippen LogP contribution is 2.35. The largest absolute Gasteiger partial charge is 0.478 e. The minimum atomic E-state index is -1.18. The van der Waals surface area contributed by atoms with Crippen LogP contribution in [0.3, 0.4) is 0 Å². The maximum Gasteiger partial charge on any atom is 0.344 e. The Hall–Kier alpha value is -3.02. The van der Waals surface area contributed by atoms with Crippen LogP contribution in [0.1, 0.15) is 22.8 Å². The molecule has 0 aliphatic heterocycles. The van der Waals surface area contributed by atoms with Gasteiger partial charge >= 0.3 is 11.9 Å². The summed E-state index contributed by atoms with van der Waals surface area (Å²) in [7, 11) is 0. The Kier molecular flexibility index (Phi) is 5.78. The predicted octanol–water partition coefficient (Wildman–Crippen LogP) is 3.43. The molecule has 126 valence electrons. The van der Waals surface area contributed by atoms with Gasteiger partial charge in [-0.05, 0) is 43.7 Å². The minimum Gasteiger partial charge on any atom is -0.478 e. The van der Waals surface area contributed by atoms with Crippen molar-refractivity contribution in [2.45, 2.75) is 13.8 Å². The first kappa shape index (κ1) is 17.3. The number of hydrogen-bond acceptors (Lipinski definition) is 5. The topological polar surface area (TPSA) is 82.1 Å². The van der Waals surface area contributed by atoms with Crippen LogP contribution in [0.15, 0.2) is 42.5 Å². The summed E-state index contributed by atoms with van der Waals surface area (Å²) in [5.74, 6) is -1.02. The van der Waals surface area contributed by atoms with Gasteiger partial charge in [-0.1, -0.05) is 18.2 Å². The number of para-hydroxylation sites is 1. The maximum absolute atomic E-state index is 11.5. The Labute approximate surface area is 139 Å². The van der Waals surface area contributed by atoms with Gasteiger partial charge in [0, 0.05) is 0 Å². The molecule has 2 aromatic carbocycles. The predicted molar refractivity (Wildman–Crippen MR) is 86.8 cm³/mol. The lowest BCUT2D eigenvalue weighted by molar-refractivity contribution is -0.145. The zero-order chi connectivity index (χ0) is 17.5. The molecule has 0 fully saturated rings. The van der Waals surface area contributed by atoms with Crippen molar-refractivity contribution in [2.75, 3.05) is 13.2 Å². The molecule has 0 amide bonds. The number of aryl methyl sites for hydroxylation is 1. The van der Waals surface area contributed by atoms with Crippen LogP contribution >= 0.6 is 0 Å². The summed E-state index contributed by atoms with van der Waals surface area (Å²) < 4.78 is 15.9. The van der Waals surface area contributed by atoms with Crippen LogP contribution in [0.25, 0.3) is 0 Å². The van der Waals surface area contributed by atoms with Crippen molar-refractivity contribution >= 4 is 11.9 Å². The Morgan fingerprint density at radius 3 is 2.54 bits per heavy atom. The lowest BCUT2D eigenvalue weighted by Gasteiger charge is -2.14. The third kappa shape index (κ3) is 4.49. The van der Waals surface area contributed by atoms with Gasteiger partial charge < -0.3 is 19.3 Å². The average molecular weight is 330 g/mol. The van der Waals surface area contributed by atoms with Gasteiger partial charge in [-0.2, -0.15) is 0 Å². The summed E-state index contributed by atoms with van der Waals surface area (Å²) in [5.41, 5.74) is 0.903. The van der Waals surface area contributed by atoms with E-state index in [9.17, 15) is 14.7 Å². The van der Waals surface area contributed by atoms with Gasteiger partial charge in [-0.25, -0.2) is 9.59 Å². The van der Waals surface area contributed by atoms with Crippen LogP contribution in [0, 0.1) is 6.92 Å². The monoisotopic (exact) mass is 330 g/mol. The molecular formula is C18H18O6. The molecule has 1 N–H and O–H groups in total. The van der Waals surface area contributed by atoms with E-state index in [0.717, 1.165) is 5.56 Å². The van der Waals surface area contributed by atoms with Crippen molar-refractivity contribution in [3.8, 4) is 17.2 Å². The van der Waals surface area contributed by atoms with Gasteiger partial charge in [0.25, 0.3) is 0 Å². The van der Waals surface area contributed by atoms with Crippen molar-refractivity contribution in [1.29, 1.82) is 0 Å². The molecule has 0 saturated carbocycles. The molecule has 2 rings (SSSR count). The van der Waals surface area contributed by atoms with Crippen molar-refractivity contribution in [2.24, 2.45) is 0 Å². The fourth-order valence-electron chi connectivity index (χ4n) is 2.05. The van der Waals surface area contributed by atoms with E-state index in [1.165, 1.54) is 6.07 Å². The Balaban J connectivity index is 2.30. The lowest BCUT2D eigenvalue weighted by atomic mass is 10.2. The van der Waals surface area contributed by atoms with E-state index in [1.54, 1.807) is 25.1 Å². The maximum atomic E-state index is 11.5. The van der Waals surface area contributed by atoms with Crippen LogP contribution in [0.2, 0.25) is 0 Å². The molecule has 0 aliphatic rings. The smallest absolute Gasteiger partial charge is 0.344 e. The zero-order valence-corrected chi connectivity index (χ0v) is 13.4. The minimum absolute atomic E-state index is 0.0143. The average Bonchev–Trinajstić information content (AvgIpc) is 2.53. The molecule has 0 aromatic heterocycles. The highest BCUT2D eigenvalue weighted by atomic mass is 16.6. The van der Waals surface area contributed by atoms with E-state index in [1.807, 2.05) is 25.1 Å². The van der Waals surface area contributed by atoms with Gasteiger partial charge in [0.1, 0.15) is 11.3 Å². The highest BCUT2D eigenvalue weighted by molar-refractivity contribution is 5.92. The van der Waals surface area contributed by atoms with Crippen LogP contribution in [0.4, 0.5) is 0 Å². The van der Waals surface area contributed by atoms with Crippen LogP contribution in [0.5, 0.6) is 17.2 Å². The van der Waals surface area contributed by atoms with Crippen molar-refractivity contribution < 1.29 is 28.9 Å². The second-order valence-electron chi connectivity index (χ2n) is 4.95. The van der Waals surface area contributed by atoms with E-state index in [-0.39, 0.29) is 23.7 Å². The fourth-order valence-corrected chi connectivity index (χ4v) is 2.05. The number of hydrogen-bond donors (Lipinski definition) is 1. The number of esters is 1. The highest BCUT2D eigenvalue weighted by Gasteiger charge is 2.18. The van der Waals surface area contributed by atoms with Crippen molar-refractivity contribution in [1.82, 2.24) is 0 Å². The Bertz CT molecular complexity index is 738. The normalized spacial score (nSPS) is 10.1. The first-order valence-corrected chi connectivity index (χ1v) is 7.40. The van der Waals surface area contributed by atoms with E-state index in [0.29, 0.717) is 5.75 Å². The second-order valence-corrected chi connectivity index (χ2v) is 4.95. The third-order valence-electron chi connectivity index (χ3n) is 3.07. The molecule has 0 bridgehead atoms. The van der Waals surface area contributed by atoms with E-state index in [2.05, 4.69) is 0 Å². The molecule has 0 heterocycles.